The van der Waals surface area contributed by atoms with Crippen LogP contribution in [-0.2, 0) is 16.8 Å². The topological polar surface area (TPSA) is 73.6 Å². The summed E-state index contributed by atoms with van der Waals surface area (Å²) in [4.78, 5) is 12.9. The molecule has 0 spiro atoms. The molecule has 1 fully saturated rings. The summed E-state index contributed by atoms with van der Waals surface area (Å²) in [6.45, 7) is 1.89. The molecule has 0 radical (unpaired) electrons. The van der Waals surface area contributed by atoms with Gasteiger partial charge in [0.05, 0.1) is 24.8 Å². The molecule has 0 aliphatic carbocycles. The average molecular weight is 461 g/mol. The molecule has 168 valence electrons. The van der Waals surface area contributed by atoms with Gasteiger partial charge in [-0.05, 0) is 65.4 Å². The van der Waals surface area contributed by atoms with E-state index in [4.69, 9.17) is 21.6 Å². The number of piperidine rings is 1. The van der Waals surface area contributed by atoms with Gasteiger partial charge in [-0.3, -0.25) is 0 Å². The number of rotatable bonds is 6. The number of amides is 1. The Hall–Kier alpha value is -3.33. The number of halogens is 1. The smallest absolute Gasteiger partial charge is 0.407 e. The molecule has 0 unspecified atom stereocenters. The van der Waals surface area contributed by atoms with Crippen molar-refractivity contribution in [3.05, 3.63) is 94.5 Å². The number of nitrogens with zero attached hydrogens (tertiary/aromatic N) is 2. The van der Waals surface area contributed by atoms with Crippen molar-refractivity contribution in [1.29, 1.82) is 5.26 Å². The highest BCUT2D eigenvalue weighted by Gasteiger charge is 2.37. The normalized spacial score (nSPS) is 15.1. The van der Waals surface area contributed by atoms with Crippen LogP contribution < -0.4 is 0 Å². The van der Waals surface area contributed by atoms with E-state index in [2.05, 4.69) is 24.3 Å². The molecular formula is C27H25ClN2O3. The highest BCUT2D eigenvalue weighted by atomic mass is 35.5. The fourth-order valence-corrected chi connectivity index (χ4v) is 4.69. The molecule has 33 heavy (non-hydrogen) atoms. The molecule has 4 rings (SSSR count). The molecule has 6 heteroatoms. The summed E-state index contributed by atoms with van der Waals surface area (Å²) < 4.78 is 6.23. The highest BCUT2D eigenvalue weighted by molar-refractivity contribution is 6.31. The van der Waals surface area contributed by atoms with E-state index in [0.717, 1.165) is 29.5 Å². The van der Waals surface area contributed by atoms with E-state index in [1.54, 1.807) is 12.1 Å². The fraction of sp³-hybridized carbons (Fsp3) is 0.259. The van der Waals surface area contributed by atoms with E-state index in [9.17, 15) is 9.90 Å². The van der Waals surface area contributed by atoms with Gasteiger partial charge in [0.1, 0.15) is 0 Å². The molecule has 0 saturated carbocycles. The molecule has 1 heterocycles. The second-order valence-corrected chi connectivity index (χ2v) is 8.88. The van der Waals surface area contributed by atoms with Gasteiger partial charge >= 0.3 is 6.09 Å². The SMILES string of the molecule is N#Cc1ccc(-c2cc(Cl)cc(COCC3(c4ccccc4)CCN(C(=O)O)CC3)c2)cc1. The van der Waals surface area contributed by atoms with Crippen molar-refractivity contribution in [2.45, 2.75) is 24.9 Å². The van der Waals surface area contributed by atoms with Crippen molar-refractivity contribution in [1.82, 2.24) is 4.90 Å². The second kappa shape index (κ2) is 10.1. The first-order chi connectivity index (χ1) is 16.0. The zero-order valence-electron chi connectivity index (χ0n) is 18.2. The van der Waals surface area contributed by atoms with Crippen molar-refractivity contribution in [2.75, 3.05) is 19.7 Å². The Balaban J connectivity index is 1.49. The number of hydrogen-bond acceptors (Lipinski definition) is 3. The Morgan fingerprint density at radius 3 is 2.36 bits per heavy atom. The van der Waals surface area contributed by atoms with Gasteiger partial charge in [-0.2, -0.15) is 5.26 Å². The minimum Gasteiger partial charge on any atom is -0.465 e. The minimum atomic E-state index is -0.869. The maximum absolute atomic E-state index is 11.4. The third kappa shape index (κ3) is 5.36. The average Bonchev–Trinajstić information content (AvgIpc) is 2.84. The number of nitriles is 1. The molecule has 0 aromatic heterocycles. The summed E-state index contributed by atoms with van der Waals surface area (Å²) in [6, 6.07) is 25.6. The third-order valence-electron chi connectivity index (χ3n) is 6.33. The van der Waals surface area contributed by atoms with Gasteiger partial charge in [-0.15, -0.1) is 0 Å². The molecule has 1 aliphatic heterocycles. The molecule has 1 aliphatic rings. The van der Waals surface area contributed by atoms with Crippen molar-refractivity contribution in [3.8, 4) is 17.2 Å². The number of likely N-dealkylation sites (tertiary alicyclic amines) is 1. The first kappa shape index (κ1) is 22.8. The van der Waals surface area contributed by atoms with Crippen molar-refractivity contribution < 1.29 is 14.6 Å². The van der Waals surface area contributed by atoms with Crippen LogP contribution in [0.5, 0.6) is 0 Å². The van der Waals surface area contributed by atoms with Crippen LogP contribution in [0.4, 0.5) is 4.79 Å². The summed E-state index contributed by atoms with van der Waals surface area (Å²) >= 11 is 6.39. The van der Waals surface area contributed by atoms with Gasteiger partial charge in [0.2, 0.25) is 0 Å². The van der Waals surface area contributed by atoms with E-state index in [1.165, 1.54) is 10.5 Å². The zero-order chi connectivity index (χ0) is 23.3. The maximum Gasteiger partial charge on any atom is 0.407 e. The van der Waals surface area contributed by atoms with Gasteiger partial charge in [0.25, 0.3) is 0 Å². The van der Waals surface area contributed by atoms with Crippen molar-refractivity contribution >= 4 is 17.7 Å². The van der Waals surface area contributed by atoms with E-state index >= 15 is 0 Å². The summed E-state index contributed by atoms with van der Waals surface area (Å²) in [7, 11) is 0. The minimum absolute atomic E-state index is 0.220. The van der Waals surface area contributed by atoms with Crippen LogP contribution >= 0.6 is 11.6 Å². The Kier molecular flexibility index (Phi) is 6.98. The van der Waals surface area contributed by atoms with E-state index < -0.39 is 6.09 Å². The molecule has 5 nitrogen and oxygen atoms in total. The lowest BCUT2D eigenvalue weighted by Gasteiger charge is -2.41. The van der Waals surface area contributed by atoms with Crippen LogP contribution in [-0.4, -0.2) is 35.8 Å². The third-order valence-corrected chi connectivity index (χ3v) is 6.55. The molecule has 3 aromatic rings. The Morgan fingerprint density at radius 1 is 1.03 bits per heavy atom. The van der Waals surface area contributed by atoms with Crippen LogP contribution in [0.25, 0.3) is 11.1 Å². The predicted octanol–water partition coefficient (Wildman–Crippen LogP) is 6.11. The number of hydrogen-bond donors (Lipinski definition) is 1. The van der Waals surface area contributed by atoms with Crippen LogP contribution in [0.15, 0.2) is 72.8 Å². The van der Waals surface area contributed by atoms with Gasteiger partial charge in [0, 0.05) is 23.5 Å². The molecule has 0 bridgehead atoms. The standard InChI is InChI=1S/C27H25ClN2O3/c28-25-15-21(14-23(16-25)22-8-6-20(17-29)7-9-22)18-33-19-27(24-4-2-1-3-5-24)10-12-30(13-11-27)26(31)32/h1-9,14-16H,10-13,18-19H2,(H,31,32). The summed E-state index contributed by atoms with van der Waals surface area (Å²) in [6.07, 6.45) is 0.567. The molecule has 1 N–H and O–H groups in total. The summed E-state index contributed by atoms with van der Waals surface area (Å²) in [5.41, 5.74) is 4.50. The Labute approximate surface area is 198 Å². The summed E-state index contributed by atoms with van der Waals surface area (Å²) in [5.74, 6) is 0. The molecule has 1 saturated heterocycles. The largest absolute Gasteiger partial charge is 0.465 e. The Morgan fingerprint density at radius 2 is 1.73 bits per heavy atom. The lowest BCUT2D eigenvalue weighted by molar-refractivity contribution is 0.0369. The number of carbonyl (C=O) groups is 1. The zero-order valence-corrected chi connectivity index (χ0v) is 19.0. The Bertz CT molecular complexity index is 1150. The molecule has 3 aromatic carbocycles. The van der Waals surface area contributed by atoms with Gasteiger partial charge < -0.3 is 14.7 Å². The number of benzene rings is 3. The molecule has 0 atom stereocenters. The lowest BCUT2D eigenvalue weighted by atomic mass is 9.73. The van der Waals surface area contributed by atoms with Crippen LogP contribution in [0.1, 0.15) is 29.5 Å². The van der Waals surface area contributed by atoms with E-state index in [-0.39, 0.29) is 5.41 Å². The quantitative estimate of drug-likeness (QED) is 0.481. The van der Waals surface area contributed by atoms with Crippen LogP contribution in [0, 0.1) is 11.3 Å². The van der Waals surface area contributed by atoms with E-state index in [1.807, 2.05) is 42.5 Å². The van der Waals surface area contributed by atoms with Crippen molar-refractivity contribution in [2.24, 2.45) is 0 Å². The maximum atomic E-state index is 11.4. The van der Waals surface area contributed by atoms with Crippen molar-refractivity contribution in [3.63, 3.8) is 0 Å². The second-order valence-electron chi connectivity index (χ2n) is 8.45. The highest BCUT2D eigenvalue weighted by Crippen LogP contribution is 2.36. The van der Waals surface area contributed by atoms with Crippen LogP contribution in [0.3, 0.4) is 0 Å². The first-order valence-corrected chi connectivity index (χ1v) is 11.3. The number of carboxylic acid groups (broad SMARTS) is 1. The van der Waals surface area contributed by atoms with Crippen LogP contribution in [0.2, 0.25) is 5.02 Å². The number of ether oxygens (including phenoxy) is 1. The van der Waals surface area contributed by atoms with Gasteiger partial charge in [-0.25, -0.2) is 4.79 Å². The molecule has 1 amide bonds. The lowest BCUT2D eigenvalue weighted by Crippen LogP contribution is -2.46. The summed E-state index contributed by atoms with van der Waals surface area (Å²) in [5, 5.41) is 19.0. The fourth-order valence-electron chi connectivity index (χ4n) is 4.44. The molecular weight excluding hydrogens is 436 g/mol. The monoisotopic (exact) mass is 460 g/mol. The van der Waals surface area contributed by atoms with Gasteiger partial charge in [-0.1, -0.05) is 54.1 Å². The van der Waals surface area contributed by atoms with E-state index in [0.29, 0.717) is 36.9 Å². The first-order valence-electron chi connectivity index (χ1n) is 10.9. The predicted molar refractivity (Wildman–Crippen MR) is 128 cm³/mol. The van der Waals surface area contributed by atoms with Gasteiger partial charge in [0.15, 0.2) is 0 Å².